The van der Waals surface area contributed by atoms with Crippen LogP contribution >= 0.6 is 0 Å². The highest BCUT2D eigenvalue weighted by molar-refractivity contribution is 6.35. The summed E-state index contributed by atoms with van der Waals surface area (Å²) in [5, 5.41) is 4.26. The number of amides is 3. The quantitative estimate of drug-likeness (QED) is 0.457. The number of benzene rings is 1. The number of carbonyl (C=O) groups excluding carboxylic acids is 3. The molecule has 1 aromatic carbocycles. The molecular formula is C23H25F3N6O3. The number of hydrogen-bond donors (Lipinski definition) is 3. The second-order valence-electron chi connectivity index (χ2n) is 8.03. The van der Waals surface area contributed by atoms with Crippen molar-refractivity contribution in [2.75, 3.05) is 5.32 Å². The van der Waals surface area contributed by atoms with Gasteiger partial charge in [-0.1, -0.05) is 44.7 Å². The van der Waals surface area contributed by atoms with Crippen molar-refractivity contribution >= 4 is 41.4 Å². The van der Waals surface area contributed by atoms with Gasteiger partial charge in [0.25, 0.3) is 5.91 Å². The van der Waals surface area contributed by atoms with Gasteiger partial charge in [-0.15, -0.1) is 0 Å². The number of anilines is 1. The minimum atomic E-state index is -5.01. The summed E-state index contributed by atoms with van der Waals surface area (Å²) in [6.45, 7) is 2.11. The summed E-state index contributed by atoms with van der Waals surface area (Å²) in [4.78, 5) is 47.9. The van der Waals surface area contributed by atoms with Crippen LogP contribution in [0.4, 0.5) is 18.9 Å². The number of nitrogens with zero attached hydrogens (tertiary/aromatic N) is 3. The van der Waals surface area contributed by atoms with Crippen molar-refractivity contribution in [3.8, 4) is 0 Å². The van der Waals surface area contributed by atoms with E-state index in [-0.39, 0.29) is 29.0 Å². The highest BCUT2D eigenvalue weighted by Gasteiger charge is 2.38. The minimum Gasteiger partial charge on any atom is -0.320 e. The molecule has 9 nitrogen and oxygen atoms in total. The first-order chi connectivity index (χ1) is 16.6. The summed E-state index contributed by atoms with van der Waals surface area (Å²) in [5.41, 5.74) is 7.07. The highest BCUT2D eigenvalue weighted by atomic mass is 19.4. The van der Waals surface area contributed by atoms with Crippen molar-refractivity contribution in [2.24, 2.45) is 20.7 Å². The first kappa shape index (κ1) is 25.9. The summed E-state index contributed by atoms with van der Waals surface area (Å²) >= 11 is 0. The van der Waals surface area contributed by atoms with Crippen LogP contribution in [0.25, 0.3) is 0 Å². The third-order valence-electron chi connectivity index (χ3n) is 5.35. The summed E-state index contributed by atoms with van der Waals surface area (Å²) in [6.07, 6.45) is 1.60. The lowest BCUT2D eigenvalue weighted by Gasteiger charge is -2.16. The summed E-state index contributed by atoms with van der Waals surface area (Å²) in [6, 6.07) is 4.53. The van der Waals surface area contributed by atoms with Gasteiger partial charge in [0.05, 0.1) is 11.6 Å². The van der Waals surface area contributed by atoms with Crippen LogP contribution in [0.1, 0.15) is 57.1 Å². The van der Waals surface area contributed by atoms with Crippen molar-refractivity contribution in [3.63, 3.8) is 0 Å². The van der Waals surface area contributed by atoms with Crippen LogP contribution in [0.3, 0.4) is 0 Å². The molecule has 0 bridgehead atoms. The van der Waals surface area contributed by atoms with Gasteiger partial charge in [0.1, 0.15) is 0 Å². The Hall–Kier alpha value is -3.67. The predicted octanol–water partition coefficient (Wildman–Crippen LogP) is 3.34. The van der Waals surface area contributed by atoms with Crippen LogP contribution in [-0.4, -0.2) is 41.9 Å². The van der Waals surface area contributed by atoms with E-state index >= 15 is 0 Å². The van der Waals surface area contributed by atoms with Gasteiger partial charge < -0.3 is 11.1 Å². The molecule has 0 fully saturated rings. The largest absolute Gasteiger partial charge is 0.471 e. The van der Waals surface area contributed by atoms with Gasteiger partial charge in [-0.25, -0.2) is 4.99 Å². The van der Waals surface area contributed by atoms with Crippen molar-refractivity contribution in [1.29, 1.82) is 0 Å². The van der Waals surface area contributed by atoms with Crippen molar-refractivity contribution in [3.05, 3.63) is 41.0 Å². The molecule has 3 rings (SSSR count). The number of halogens is 3. The number of alkyl halides is 3. The number of aliphatic imine (C=N–C) groups is 3. The van der Waals surface area contributed by atoms with E-state index in [1.54, 1.807) is 5.32 Å². The molecule has 1 unspecified atom stereocenters. The Bertz CT molecular complexity index is 1120. The van der Waals surface area contributed by atoms with Gasteiger partial charge in [-0.05, 0) is 24.1 Å². The first-order valence-corrected chi connectivity index (χ1v) is 11.1. The average molecular weight is 490 g/mol. The molecule has 2 heterocycles. The molecule has 4 N–H and O–H groups in total. The van der Waals surface area contributed by atoms with E-state index in [0.717, 1.165) is 32.1 Å². The fourth-order valence-corrected chi connectivity index (χ4v) is 3.49. The molecule has 0 aliphatic carbocycles. The number of rotatable bonds is 9. The second kappa shape index (κ2) is 11.2. The van der Waals surface area contributed by atoms with Crippen LogP contribution in [0.5, 0.6) is 0 Å². The van der Waals surface area contributed by atoms with Gasteiger partial charge >= 0.3 is 12.1 Å². The van der Waals surface area contributed by atoms with Crippen LogP contribution in [0.2, 0.25) is 0 Å². The normalized spacial score (nSPS) is 16.0. The molecule has 3 amide bonds. The number of fused-ring (bicyclic) bond motifs is 1. The molecule has 0 saturated carbocycles. The molecule has 0 saturated heterocycles. The summed E-state index contributed by atoms with van der Waals surface area (Å²) in [5.74, 6) is -3.10. The standard InChI is InChI=1S/C23H25F3N6O3/c1-2-3-4-5-6-7-16(33)30-22-31-19-17(20(34)32-22)15(12-28-19)18(27)13-8-10-14(11-9-13)29-21(35)23(24,25)26/h8-12,18H,2-7,27H2,1H3,(H,29,35)(H,30,32,33,34). The lowest BCUT2D eigenvalue weighted by atomic mass is 9.96. The maximum Gasteiger partial charge on any atom is 0.471 e. The van der Waals surface area contributed by atoms with Crippen LogP contribution < -0.4 is 16.4 Å². The predicted molar refractivity (Wildman–Crippen MR) is 125 cm³/mol. The van der Waals surface area contributed by atoms with Crippen molar-refractivity contribution < 1.29 is 27.6 Å². The zero-order valence-electron chi connectivity index (χ0n) is 19.0. The number of amidine groups is 1. The fraction of sp³-hybridized carbons (Fsp3) is 0.391. The monoisotopic (exact) mass is 490 g/mol. The molecule has 0 aromatic heterocycles. The average Bonchev–Trinajstić information content (AvgIpc) is 3.23. The molecular weight excluding hydrogens is 465 g/mol. The van der Waals surface area contributed by atoms with Gasteiger partial charge in [0.2, 0.25) is 11.9 Å². The number of guanidine groups is 1. The molecule has 0 spiro atoms. The second-order valence-corrected chi connectivity index (χ2v) is 8.03. The number of nitrogens with two attached hydrogens (primary N) is 1. The highest BCUT2D eigenvalue weighted by Crippen LogP contribution is 2.29. The number of carbonyl (C=O) groups is 3. The zero-order chi connectivity index (χ0) is 25.6. The van der Waals surface area contributed by atoms with E-state index in [2.05, 4.69) is 27.2 Å². The van der Waals surface area contributed by atoms with Crippen LogP contribution in [0, 0.1) is 0 Å². The molecule has 1 aromatic rings. The van der Waals surface area contributed by atoms with E-state index in [4.69, 9.17) is 5.73 Å². The molecule has 1 atom stereocenters. The Balaban J connectivity index is 1.65. The number of unbranched alkanes of at least 4 members (excludes halogenated alkanes) is 4. The van der Waals surface area contributed by atoms with Crippen molar-refractivity contribution in [2.45, 2.75) is 57.7 Å². The van der Waals surface area contributed by atoms with Gasteiger partial charge in [0.15, 0.2) is 5.84 Å². The first-order valence-electron chi connectivity index (χ1n) is 11.1. The van der Waals surface area contributed by atoms with Crippen LogP contribution in [0.15, 0.2) is 50.4 Å². The lowest BCUT2D eigenvalue weighted by molar-refractivity contribution is -0.167. The number of hydrogen-bond acceptors (Lipinski definition) is 6. The molecule has 186 valence electrons. The molecule has 2 aliphatic heterocycles. The third kappa shape index (κ3) is 6.69. The third-order valence-corrected chi connectivity index (χ3v) is 5.35. The molecule has 2 aliphatic rings. The summed E-state index contributed by atoms with van der Waals surface area (Å²) < 4.78 is 37.2. The van der Waals surface area contributed by atoms with E-state index in [1.165, 1.54) is 30.5 Å². The van der Waals surface area contributed by atoms with E-state index in [1.807, 2.05) is 0 Å². The smallest absolute Gasteiger partial charge is 0.320 e. The van der Waals surface area contributed by atoms with Gasteiger partial charge in [-0.2, -0.15) is 23.2 Å². The van der Waals surface area contributed by atoms with Crippen molar-refractivity contribution in [1.82, 2.24) is 5.32 Å². The molecule has 35 heavy (non-hydrogen) atoms. The topological polar surface area (TPSA) is 138 Å². The Morgan fingerprint density at radius 3 is 2.37 bits per heavy atom. The van der Waals surface area contributed by atoms with Gasteiger partial charge in [0, 0.05) is 23.9 Å². The Labute approximate surface area is 199 Å². The van der Waals surface area contributed by atoms with Gasteiger partial charge in [-0.3, -0.25) is 19.7 Å². The maximum absolute atomic E-state index is 12.6. The Kier molecular flexibility index (Phi) is 8.28. The number of nitrogens with one attached hydrogen (secondary N) is 2. The van der Waals surface area contributed by atoms with E-state index in [9.17, 15) is 27.6 Å². The minimum absolute atomic E-state index is 0.0626. The Morgan fingerprint density at radius 2 is 1.71 bits per heavy atom. The zero-order valence-corrected chi connectivity index (χ0v) is 19.0. The molecule has 12 heteroatoms. The van der Waals surface area contributed by atoms with E-state index < -0.39 is 24.0 Å². The van der Waals surface area contributed by atoms with E-state index in [0.29, 0.717) is 17.6 Å². The van der Waals surface area contributed by atoms with Crippen LogP contribution in [-0.2, 0) is 14.4 Å². The lowest BCUT2D eigenvalue weighted by Crippen LogP contribution is -2.33. The Morgan fingerprint density at radius 1 is 1.03 bits per heavy atom. The fourth-order valence-electron chi connectivity index (χ4n) is 3.49. The molecule has 0 radical (unpaired) electrons. The summed E-state index contributed by atoms with van der Waals surface area (Å²) in [7, 11) is 0. The SMILES string of the molecule is CCCCCCCC(=O)NC1=NC(=O)C2=C(C(N)c3ccc(NC(=O)C(F)(F)F)cc3)C=NC2=N1. The maximum atomic E-state index is 12.6.